The van der Waals surface area contributed by atoms with Crippen LogP contribution in [-0.2, 0) is 20.6 Å². The largest absolute Gasteiger partial charge is 0.497 e. The van der Waals surface area contributed by atoms with Crippen molar-refractivity contribution in [1.82, 2.24) is 15.4 Å². The summed E-state index contributed by atoms with van der Waals surface area (Å²) in [6.45, 7) is 2.44. The molecule has 322 valence electrons. The minimum absolute atomic E-state index is 0.00950. The number of aromatic nitrogens is 1. The summed E-state index contributed by atoms with van der Waals surface area (Å²) in [6.07, 6.45) is 7.00. The van der Waals surface area contributed by atoms with E-state index >= 15 is 0 Å². The maximum atomic E-state index is 12.6. The number of alkyl halides is 3. The molecule has 4 aromatic carbocycles. The minimum atomic E-state index is -4.44. The molecule has 5 N–H and O–H groups in total. The molecule has 2 fully saturated rings. The number of carbonyl (C=O) groups is 3. The van der Waals surface area contributed by atoms with E-state index in [4.69, 9.17) is 15.3 Å². The van der Waals surface area contributed by atoms with Crippen molar-refractivity contribution < 1.29 is 37.1 Å². The lowest BCUT2D eigenvalue weighted by Crippen LogP contribution is -2.45. The van der Waals surface area contributed by atoms with Crippen LogP contribution in [0.5, 0.6) is 11.5 Å². The highest BCUT2D eigenvalue weighted by atomic mass is 19.4. The summed E-state index contributed by atoms with van der Waals surface area (Å²) in [7, 11) is 1.61. The molecule has 0 bridgehead atoms. The van der Waals surface area contributed by atoms with E-state index in [1.54, 1.807) is 25.3 Å². The van der Waals surface area contributed by atoms with Crippen LogP contribution < -0.4 is 31.5 Å². The van der Waals surface area contributed by atoms with Crippen molar-refractivity contribution in [3.05, 3.63) is 137 Å². The predicted molar refractivity (Wildman–Crippen MR) is 231 cm³/mol. The van der Waals surface area contributed by atoms with Crippen LogP contribution in [0.1, 0.15) is 57.4 Å². The molecular weight excluding hydrogens is 788 g/mol. The van der Waals surface area contributed by atoms with Gasteiger partial charge in [0.15, 0.2) is 11.2 Å². The van der Waals surface area contributed by atoms with Crippen molar-refractivity contribution in [3.8, 4) is 22.8 Å². The Balaban J connectivity index is 0.000000174. The maximum absolute atomic E-state index is 12.6. The zero-order valence-corrected chi connectivity index (χ0v) is 34.3. The molecule has 1 aromatic heterocycles. The number of unbranched alkanes of at least 4 members (excludes halogenated alkanes) is 3. The lowest BCUT2D eigenvalue weighted by atomic mass is 10.1. The molecule has 1 aliphatic carbocycles. The number of hydrogen-bond acceptors (Lipinski definition) is 7. The van der Waals surface area contributed by atoms with Crippen LogP contribution in [0, 0.1) is 11.8 Å². The van der Waals surface area contributed by atoms with Gasteiger partial charge in [-0.3, -0.25) is 19.2 Å². The highest BCUT2D eigenvalue weighted by Gasteiger charge is 2.41. The Hall–Kier alpha value is -6.57. The number of nitrogens with one attached hydrogen (secondary N) is 3. The number of rotatable bonds is 14. The zero-order valence-electron chi connectivity index (χ0n) is 34.3. The molecule has 0 spiro atoms. The summed E-state index contributed by atoms with van der Waals surface area (Å²) < 4.78 is 43.0. The summed E-state index contributed by atoms with van der Waals surface area (Å²) in [4.78, 5) is 57.1. The second-order valence-electron chi connectivity index (χ2n) is 14.7. The van der Waals surface area contributed by atoms with Gasteiger partial charge in [0.2, 0.25) is 11.8 Å². The number of fused-ring (bicyclic) bond motifs is 1. The van der Waals surface area contributed by atoms with Crippen LogP contribution in [0.25, 0.3) is 22.2 Å². The number of carbonyl (C=O) groups excluding carboxylic acids is 3. The second kappa shape index (κ2) is 22.2. The van der Waals surface area contributed by atoms with Gasteiger partial charge >= 0.3 is 6.18 Å². The van der Waals surface area contributed by atoms with E-state index in [1.165, 1.54) is 36.3 Å². The van der Waals surface area contributed by atoms with Gasteiger partial charge < -0.3 is 30.5 Å². The number of hydroxylamine groups is 1. The maximum Gasteiger partial charge on any atom is 0.416 e. The molecule has 11 nitrogen and oxygen atoms in total. The third-order valence-electron chi connectivity index (χ3n) is 10.2. The summed E-state index contributed by atoms with van der Waals surface area (Å²) in [5.74, 6) is 0.930. The molecule has 3 amide bonds. The SMILES string of the molecule is CCCCC/C=C\C1CC1C(=O)NOc1ccccc1.COc1ccc2c(=O)cc(-c3ccccc3)[nH]c2c1.NC(=O)C1CCCN1C(=O)CNc1cccc(C(F)(F)F)c1. The molecule has 1 saturated heterocycles. The Bertz CT molecular complexity index is 2300. The number of benzene rings is 4. The molecule has 1 saturated carbocycles. The zero-order chi connectivity index (χ0) is 43.8. The van der Waals surface area contributed by atoms with Crippen molar-refractivity contribution in [2.24, 2.45) is 17.6 Å². The van der Waals surface area contributed by atoms with Crippen LogP contribution >= 0.6 is 0 Å². The van der Waals surface area contributed by atoms with E-state index in [0.717, 1.165) is 47.5 Å². The predicted octanol–water partition coefficient (Wildman–Crippen LogP) is 8.67. The first-order valence-corrected chi connectivity index (χ1v) is 20.3. The smallest absolute Gasteiger partial charge is 0.416 e. The molecule has 5 aromatic rings. The minimum Gasteiger partial charge on any atom is -0.497 e. The number of pyridine rings is 1. The number of methoxy groups -OCH3 is 1. The average molecular weight is 840 g/mol. The Labute approximate surface area is 353 Å². The molecule has 7 rings (SSSR count). The van der Waals surface area contributed by atoms with Crippen molar-refractivity contribution in [1.29, 1.82) is 0 Å². The third kappa shape index (κ3) is 13.7. The van der Waals surface area contributed by atoms with E-state index in [-0.39, 0.29) is 35.4 Å². The number of H-pyrrole nitrogens is 1. The monoisotopic (exact) mass is 839 g/mol. The molecule has 2 aliphatic rings. The fourth-order valence-corrected chi connectivity index (χ4v) is 6.76. The number of nitrogens with two attached hydrogens (primary N) is 1. The Morgan fingerprint density at radius 3 is 2.34 bits per heavy atom. The summed E-state index contributed by atoms with van der Waals surface area (Å²) >= 11 is 0. The number of ether oxygens (including phenoxy) is 1. The quantitative estimate of drug-likeness (QED) is 0.0496. The van der Waals surface area contributed by atoms with Gasteiger partial charge in [-0.2, -0.15) is 18.7 Å². The molecule has 1 aliphatic heterocycles. The number of halogens is 3. The molecule has 3 atom stereocenters. The number of allylic oxidation sites excluding steroid dienone is 2. The molecule has 14 heteroatoms. The lowest BCUT2D eigenvalue weighted by molar-refractivity contribution is -0.137. The standard InChI is InChI=1S/C17H23NO2.C16H13NO2.C14H16F3N3O2/c1-2-3-4-5-7-10-14-13-16(14)17(19)18-20-15-11-8-6-9-12-15;1-19-12-7-8-13-15(9-12)17-14(10-16(13)18)11-5-3-2-4-6-11;15-14(16,17)9-3-1-4-10(7-9)19-8-12(21)20-6-2-5-11(20)13(18)22/h6-12,14,16H,2-5,13H2,1H3,(H,18,19);2-10H,1H3,(H,17,18);1,3-4,7,11,19H,2,5-6,8H2,(H2,18,22)/b10-7-;;. The van der Waals surface area contributed by atoms with Crippen LogP contribution in [0.4, 0.5) is 18.9 Å². The van der Waals surface area contributed by atoms with Crippen LogP contribution in [0.15, 0.2) is 126 Å². The van der Waals surface area contributed by atoms with Crippen LogP contribution in [0.2, 0.25) is 0 Å². The Morgan fingerprint density at radius 2 is 1.66 bits per heavy atom. The fraction of sp³-hybridized carbons (Fsp3) is 0.319. The van der Waals surface area contributed by atoms with Crippen molar-refractivity contribution in [2.45, 2.75) is 64.1 Å². The average Bonchev–Trinajstić information content (AvgIpc) is 3.87. The molecule has 61 heavy (non-hydrogen) atoms. The van der Waals surface area contributed by atoms with Crippen LogP contribution in [0.3, 0.4) is 0 Å². The molecule has 3 unspecified atom stereocenters. The van der Waals surface area contributed by atoms with Gasteiger partial charge in [0.1, 0.15) is 11.8 Å². The normalized spacial score (nSPS) is 16.7. The number of hydrogen-bond donors (Lipinski definition) is 4. The van der Waals surface area contributed by atoms with E-state index in [9.17, 15) is 32.3 Å². The first kappa shape index (κ1) is 45.5. The Kier molecular flexibility index (Phi) is 16.5. The van der Waals surface area contributed by atoms with Crippen molar-refractivity contribution in [3.63, 3.8) is 0 Å². The van der Waals surface area contributed by atoms with Gasteiger partial charge in [-0.1, -0.05) is 86.5 Å². The van der Waals surface area contributed by atoms with Gasteiger partial charge in [0, 0.05) is 41.4 Å². The van der Waals surface area contributed by atoms with Crippen LogP contribution in [-0.4, -0.2) is 53.8 Å². The first-order chi connectivity index (χ1) is 29.4. The first-order valence-electron chi connectivity index (χ1n) is 20.3. The number of primary amides is 1. The van der Waals surface area contributed by atoms with Gasteiger partial charge in [-0.25, -0.2) is 0 Å². The topological polar surface area (TPSA) is 156 Å². The van der Waals surface area contributed by atoms with Gasteiger partial charge in [-0.15, -0.1) is 0 Å². The van der Waals surface area contributed by atoms with Gasteiger partial charge in [0.25, 0.3) is 5.91 Å². The fourth-order valence-electron chi connectivity index (χ4n) is 6.76. The van der Waals surface area contributed by atoms with Crippen molar-refractivity contribution in [2.75, 3.05) is 25.5 Å². The van der Waals surface area contributed by atoms with E-state index in [0.29, 0.717) is 36.4 Å². The third-order valence-corrected chi connectivity index (χ3v) is 10.2. The second-order valence-corrected chi connectivity index (χ2v) is 14.7. The van der Waals surface area contributed by atoms with E-state index in [2.05, 4.69) is 34.9 Å². The number of nitrogens with zero attached hydrogens (tertiary/aromatic N) is 1. The van der Waals surface area contributed by atoms with Gasteiger partial charge in [-0.05, 0) is 86.1 Å². The lowest BCUT2D eigenvalue weighted by Gasteiger charge is -2.22. The molecule has 0 radical (unpaired) electrons. The number of para-hydroxylation sites is 1. The Morgan fingerprint density at radius 1 is 0.918 bits per heavy atom. The summed E-state index contributed by atoms with van der Waals surface area (Å²) in [5, 5.41) is 3.32. The summed E-state index contributed by atoms with van der Waals surface area (Å²) in [5.41, 5.74) is 9.75. The highest BCUT2D eigenvalue weighted by Crippen LogP contribution is 2.40. The van der Waals surface area contributed by atoms with E-state index in [1.807, 2.05) is 66.7 Å². The highest BCUT2D eigenvalue weighted by molar-refractivity contribution is 5.89. The molecular formula is C47H52F3N5O6. The van der Waals surface area contributed by atoms with E-state index < -0.39 is 23.7 Å². The van der Waals surface area contributed by atoms with Crippen molar-refractivity contribution >= 4 is 34.3 Å². The summed E-state index contributed by atoms with van der Waals surface area (Å²) in [6, 6.07) is 30.1. The molecule has 2 heterocycles. The number of aromatic amines is 1. The van der Waals surface area contributed by atoms with Gasteiger partial charge in [0.05, 0.1) is 24.7 Å². The number of anilines is 1. The number of amides is 3. The number of likely N-dealkylation sites (tertiary alicyclic amines) is 1.